The Morgan fingerprint density at radius 1 is 1.03 bits per heavy atom. The maximum Gasteiger partial charge on any atom is 0.339 e. The van der Waals surface area contributed by atoms with Gasteiger partial charge in [0, 0.05) is 12.1 Å². The lowest BCUT2D eigenvalue weighted by atomic mass is 10.1. The molecule has 9 nitrogen and oxygen atoms in total. The van der Waals surface area contributed by atoms with Crippen LogP contribution in [0.5, 0.6) is 5.75 Å². The van der Waals surface area contributed by atoms with Crippen LogP contribution in [0.3, 0.4) is 0 Å². The number of non-ortho nitro benzene ring substituents is 1. The highest BCUT2D eigenvalue weighted by Crippen LogP contribution is 2.37. The van der Waals surface area contributed by atoms with Crippen LogP contribution in [0.2, 0.25) is 20.1 Å². The van der Waals surface area contributed by atoms with E-state index in [0.717, 1.165) is 23.8 Å². The molecule has 3 aromatic carbocycles. The van der Waals surface area contributed by atoms with Gasteiger partial charge in [-0.25, -0.2) is 0 Å². The summed E-state index contributed by atoms with van der Waals surface area (Å²) in [5.41, 5.74) is 0.0593. The molecule has 0 saturated heterocycles. The van der Waals surface area contributed by atoms with Gasteiger partial charge in [-0.2, -0.15) is 13.7 Å². The Hall–Kier alpha value is -3.33. The van der Waals surface area contributed by atoms with E-state index in [1.807, 2.05) is 0 Å². The third-order valence-corrected chi connectivity index (χ3v) is 7.07. The summed E-state index contributed by atoms with van der Waals surface area (Å²) in [6, 6.07) is 12.1. The summed E-state index contributed by atoms with van der Waals surface area (Å²) in [6.45, 7) is 1.79. The predicted octanol–water partition coefficient (Wildman–Crippen LogP) is 6.83. The standard InChI is InChI=1S/C23H13Cl4N3O6S/c1-12-2-4-16(5-3-12)37(34,35)36-22-19(26)7-13(8-20(22)27)6-14(11-28)23(31)29-21-17(24)9-15(30(32)33)10-18(21)25/h2-10H,1H3,(H,29,31)/b14-6+. The van der Waals surface area contributed by atoms with Crippen molar-refractivity contribution in [2.45, 2.75) is 11.8 Å². The number of nitrogens with zero attached hydrogens (tertiary/aromatic N) is 2. The molecule has 0 unspecified atom stereocenters. The molecule has 1 amide bonds. The smallest absolute Gasteiger partial charge is 0.339 e. The minimum Gasteiger partial charge on any atom is -0.376 e. The Bertz CT molecular complexity index is 1550. The molecule has 0 aromatic heterocycles. The molecule has 0 bridgehead atoms. The number of hydrogen-bond donors (Lipinski definition) is 1. The number of carbonyl (C=O) groups is 1. The number of rotatable bonds is 7. The summed E-state index contributed by atoms with van der Waals surface area (Å²) >= 11 is 24.4. The second-order valence-corrected chi connectivity index (χ2v) is 10.5. The summed E-state index contributed by atoms with van der Waals surface area (Å²) in [7, 11) is -4.25. The van der Waals surface area contributed by atoms with Crippen molar-refractivity contribution in [1.82, 2.24) is 0 Å². The van der Waals surface area contributed by atoms with Crippen molar-refractivity contribution in [2.24, 2.45) is 0 Å². The zero-order valence-electron chi connectivity index (χ0n) is 18.5. The summed E-state index contributed by atoms with van der Waals surface area (Å²) < 4.78 is 30.3. The summed E-state index contributed by atoms with van der Waals surface area (Å²) in [5, 5.41) is 21.9. The molecule has 3 aromatic rings. The van der Waals surface area contributed by atoms with Gasteiger partial charge in [0.2, 0.25) is 0 Å². The molecule has 0 atom stereocenters. The fourth-order valence-electron chi connectivity index (χ4n) is 2.89. The summed E-state index contributed by atoms with van der Waals surface area (Å²) in [6.07, 6.45) is 1.12. The highest BCUT2D eigenvalue weighted by Gasteiger charge is 2.22. The lowest BCUT2D eigenvalue weighted by Gasteiger charge is -2.12. The molecule has 0 radical (unpaired) electrons. The van der Waals surface area contributed by atoms with Crippen molar-refractivity contribution in [1.29, 1.82) is 5.26 Å². The molecule has 3 rings (SSSR count). The molecule has 0 heterocycles. The molecule has 14 heteroatoms. The highest BCUT2D eigenvalue weighted by molar-refractivity contribution is 7.87. The van der Waals surface area contributed by atoms with Gasteiger partial charge in [0.25, 0.3) is 11.6 Å². The Labute approximate surface area is 231 Å². The minimum atomic E-state index is -4.25. The maximum atomic E-state index is 12.7. The summed E-state index contributed by atoms with van der Waals surface area (Å²) in [4.78, 5) is 22.8. The van der Waals surface area contributed by atoms with E-state index in [0.29, 0.717) is 0 Å². The van der Waals surface area contributed by atoms with Crippen molar-refractivity contribution in [3.05, 3.63) is 95.4 Å². The third-order valence-electron chi connectivity index (χ3n) is 4.68. The van der Waals surface area contributed by atoms with Gasteiger partial charge < -0.3 is 9.50 Å². The Balaban J connectivity index is 1.88. The van der Waals surface area contributed by atoms with Crippen molar-refractivity contribution in [2.75, 3.05) is 5.32 Å². The van der Waals surface area contributed by atoms with E-state index in [4.69, 9.17) is 50.6 Å². The maximum absolute atomic E-state index is 12.7. The zero-order valence-corrected chi connectivity index (χ0v) is 22.3. The van der Waals surface area contributed by atoms with E-state index in [9.17, 15) is 28.6 Å². The van der Waals surface area contributed by atoms with Crippen molar-refractivity contribution >= 4 is 79.9 Å². The Morgan fingerprint density at radius 2 is 1.57 bits per heavy atom. The highest BCUT2D eigenvalue weighted by atomic mass is 35.5. The lowest BCUT2D eigenvalue weighted by Crippen LogP contribution is -2.14. The van der Waals surface area contributed by atoms with Crippen molar-refractivity contribution in [3.8, 4) is 11.8 Å². The molecule has 0 saturated carbocycles. The van der Waals surface area contributed by atoms with Crippen LogP contribution in [0, 0.1) is 28.4 Å². The summed E-state index contributed by atoms with van der Waals surface area (Å²) in [5.74, 6) is -1.27. The van der Waals surface area contributed by atoms with Crippen molar-refractivity contribution < 1.29 is 22.3 Å². The van der Waals surface area contributed by atoms with Crippen LogP contribution in [-0.4, -0.2) is 19.2 Å². The molecule has 0 aliphatic rings. The molecular weight excluding hydrogens is 588 g/mol. The number of nitriles is 1. The van der Waals surface area contributed by atoms with Gasteiger partial charge in [0.05, 0.1) is 30.7 Å². The van der Waals surface area contributed by atoms with Gasteiger partial charge in [-0.1, -0.05) is 64.1 Å². The van der Waals surface area contributed by atoms with E-state index in [1.165, 1.54) is 24.3 Å². The Morgan fingerprint density at radius 3 is 2.05 bits per heavy atom. The first-order valence-corrected chi connectivity index (χ1v) is 12.8. The number of hydrogen-bond acceptors (Lipinski definition) is 7. The van der Waals surface area contributed by atoms with Gasteiger partial charge in [0.1, 0.15) is 16.5 Å². The number of amides is 1. The Kier molecular flexibility index (Phi) is 8.68. The van der Waals surface area contributed by atoms with E-state index in [-0.39, 0.29) is 47.7 Å². The largest absolute Gasteiger partial charge is 0.376 e. The number of carbonyl (C=O) groups excluding carboxylic acids is 1. The van der Waals surface area contributed by atoms with Crippen LogP contribution in [-0.2, 0) is 14.9 Å². The third kappa shape index (κ3) is 6.71. The first-order chi connectivity index (χ1) is 17.3. The van der Waals surface area contributed by atoms with Crippen LogP contribution >= 0.6 is 46.4 Å². The number of nitrogens with one attached hydrogen (secondary N) is 1. The molecule has 0 aliphatic carbocycles. The SMILES string of the molecule is Cc1ccc(S(=O)(=O)Oc2c(Cl)cc(/C=C(\C#N)C(=O)Nc3c(Cl)cc([N+](=O)[O-])cc3Cl)cc2Cl)cc1. The van der Waals surface area contributed by atoms with E-state index >= 15 is 0 Å². The predicted molar refractivity (Wildman–Crippen MR) is 141 cm³/mol. The number of benzene rings is 3. The molecule has 0 aliphatic heterocycles. The van der Waals surface area contributed by atoms with E-state index in [1.54, 1.807) is 25.1 Å². The number of aryl methyl sites for hydroxylation is 1. The van der Waals surface area contributed by atoms with Crippen LogP contribution in [0.4, 0.5) is 11.4 Å². The first kappa shape index (κ1) is 28.2. The van der Waals surface area contributed by atoms with Crippen LogP contribution < -0.4 is 9.50 Å². The first-order valence-electron chi connectivity index (χ1n) is 9.89. The van der Waals surface area contributed by atoms with Gasteiger partial charge in [-0.15, -0.1) is 0 Å². The number of nitro groups is 1. The lowest BCUT2D eigenvalue weighted by molar-refractivity contribution is -0.384. The topological polar surface area (TPSA) is 139 Å². The van der Waals surface area contributed by atoms with Gasteiger partial charge in [0.15, 0.2) is 5.75 Å². The van der Waals surface area contributed by atoms with Crippen LogP contribution in [0.15, 0.2) is 59.0 Å². The molecule has 190 valence electrons. The van der Waals surface area contributed by atoms with Crippen LogP contribution in [0.1, 0.15) is 11.1 Å². The zero-order chi connectivity index (χ0) is 27.5. The average Bonchev–Trinajstić information content (AvgIpc) is 2.82. The van der Waals surface area contributed by atoms with Gasteiger partial charge in [-0.3, -0.25) is 14.9 Å². The minimum absolute atomic E-state index is 0.110. The fraction of sp³-hybridized carbons (Fsp3) is 0.0435. The quantitative estimate of drug-likeness (QED) is 0.103. The van der Waals surface area contributed by atoms with E-state index in [2.05, 4.69) is 5.32 Å². The van der Waals surface area contributed by atoms with Crippen LogP contribution in [0.25, 0.3) is 6.08 Å². The van der Waals surface area contributed by atoms with Crippen molar-refractivity contribution in [3.63, 3.8) is 0 Å². The number of halogens is 4. The number of nitro benzene ring substituents is 1. The monoisotopic (exact) mass is 599 g/mol. The fourth-order valence-corrected chi connectivity index (χ4v) is 5.09. The second-order valence-electron chi connectivity index (χ2n) is 7.33. The van der Waals surface area contributed by atoms with Gasteiger partial charge >= 0.3 is 10.1 Å². The number of anilines is 1. The average molecular weight is 601 g/mol. The molecule has 0 fully saturated rings. The second kappa shape index (κ2) is 11.4. The molecule has 37 heavy (non-hydrogen) atoms. The normalized spacial score (nSPS) is 11.5. The van der Waals surface area contributed by atoms with Gasteiger partial charge in [-0.05, 0) is 42.8 Å². The molecular formula is C23H13Cl4N3O6S. The van der Waals surface area contributed by atoms with E-state index < -0.39 is 26.5 Å². The molecule has 1 N–H and O–H groups in total. The molecule has 0 spiro atoms.